The third-order valence-corrected chi connectivity index (χ3v) is 6.50. The molecule has 3 aromatic heterocycles. The monoisotopic (exact) mass is 522 g/mol. The summed E-state index contributed by atoms with van der Waals surface area (Å²) in [7, 11) is 0. The summed E-state index contributed by atoms with van der Waals surface area (Å²) in [5.74, 6) is 1.47. The van der Waals surface area contributed by atoms with E-state index in [9.17, 15) is 18.0 Å². The van der Waals surface area contributed by atoms with Gasteiger partial charge in [0.15, 0.2) is 5.82 Å². The Bertz CT molecular complexity index is 1500. The molecule has 0 aliphatic rings. The molecular weight excluding hydrogens is 501 g/mol. The molecule has 0 bridgehead atoms. The zero-order valence-electron chi connectivity index (χ0n) is 19.4. The van der Waals surface area contributed by atoms with E-state index in [0.29, 0.717) is 23.9 Å². The topological polar surface area (TPSA) is 71.3 Å². The van der Waals surface area contributed by atoms with Crippen molar-refractivity contribution in [3.63, 3.8) is 0 Å². The van der Waals surface area contributed by atoms with Gasteiger partial charge in [-0.3, -0.25) is 4.79 Å². The summed E-state index contributed by atoms with van der Waals surface area (Å²) in [5, 5.41) is 5.33. The van der Waals surface area contributed by atoms with Gasteiger partial charge in [0, 0.05) is 24.0 Å². The van der Waals surface area contributed by atoms with E-state index in [-0.39, 0.29) is 18.7 Å². The van der Waals surface area contributed by atoms with Gasteiger partial charge < -0.3 is 14.6 Å². The first-order chi connectivity index (χ1) is 17.9. The fourth-order valence-corrected chi connectivity index (χ4v) is 4.56. The summed E-state index contributed by atoms with van der Waals surface area (Å²) in [5.41, 5.74) is 0.0250. The maximum absolute atomic E-state index is 13.0. The van der Waals surface area contributed by atoms with Crippen LogP contribution in [0.25, 0.3) is 21.6 Å². The van der Waals surface area contributed by atoms with Crippen LogP contribution in [0.4, 0.5) is 24.7 Å². The molecule has 0 fully saturated rings. The molecule has 0 atom stereocenters. The van der Waals surface area contributed by atoms with Gasteiger partial charge in [-0.05, 0) is 53.9 Å². The lowest BCUT2D eigenvalue weighted by Crippen LogP contribution is -2.28. The normalized spacial score (nSPS) is 11.5. The van der Waals surface area contributed by atoms with Crippen LogP contribution in [0.3, 0.4) is 0 Å². The van der Waals surface area contributed by atoms with Crippen molar-refractivity contribution < 1.29 is 22.4 Å². The maximum Gasteiger partial charge on any atom is 0.416 e. The summed E-state index contributed by atoms with van der Waals surface area (Å²) in [6, 6.07) is 19.7. The molecule has 0 aliphatic heterocycles. The number of para-hydroxylation sites is 1. The fourth-order valence-electron chi connectivity index (χ4n) is 3.90. The highest BCUT2D eigenvalue weighted by atomic mass is 32.1. The molecule has 0 unspecified atom stereocenters. The highest BCUT2D eigenvalue weighted by Gasteiger charge is 2.30. The molecule has 10 heteroatoms. The number of rotatable bonds is 8. The molecule has 5 rings (SSSR count). The van der Waals surface area contributed by atoms with E-state index < -0.39 is 17.6 Å². The average Bonchev–Trinajstić information content (AvgIpc) is 3.60. The summed E-state index contributed by atoms with van der Waals surface area (Å²) >= 11 is 1.53. The number of nitrogens with zero attached hydrogens (tertiary/aromatic N) is 3. The fraction of sp³-hybridized carbons (Fsp3) is 0.148. The number of aromatic nitrogens is 2. The number of carbonyl (C=O) groups excluding carboxylic acids is 1. The number of benzene rings is 2. The second-order valence-electron chi connectivity index (χ2n) is 8.24. The minimum absolute atomic E-state index is 0.0175. The van der Waals surface area contributed by atoms with Crippen LogP contribution >= 0.6 is 11.3 Å². The van der Waals surface area contributed by atoms with Gasteiger partial charge in [-0.15, -0.1) is 11.3 Å². The van der Waals surface area contributed by atoms with Crippen LogP contribution in [0.15, 0.2) is 88.9 Å². The molecule has 37 heavy (non-hydrogen) atoms. The van der Waals surface area contributed by atoms with Crippen molar-refractivity contribution >= 4 is 39.7 Å². The number of hydrogen-bond donors (Lipinski definition) is 1. The van der Waals surface area contributed by atoms with Crippen molar-refractivity contribution in [2.75, 3.05) is 16.8 Å². The van der Waals surface area contributed by atoms with Gasteiger partial charge in [0.25, 0.3) is 0 Å². The predicted molar refractivity (Wildman–Crippen MR) is 137 cm³/mol. The van der Waals surface area contributed by atoms with Crippen molar-refractivity contribution in [3.05, 3.63) is 95.8 Å². The van der Waals surface area contributed by atoms with Gasteiger partial charge >= 0.3 is 6.18 Å². The van der Waals surface area contributed by atoms with Crippen LogP contribution in [-0.4, -0.2) is 22.4 Å². The highest BCUT2D eigenvalue weighted by Crippen LogP contribution is 2.32. The number of nitrogens with one attached hydrogen (secondary N) is 1. The van der Waals surface area contributed by atoms with Gasteiger partial charge in [-0.1, -0.05) is 24.3 Å². The zero-order valence-corrected chi connectivity index (χ0v) is 20.2. The van der Waals surface area contributed by atoms with Crippen LogP contribution in [-0.2, 0) is 17.5 Å². The Morgan fingerprint density at radius 3 is 2.62 bits per heavy atom. The van der Waals surface area contributed by atoms with Gasteiger partial charge in [-0.2, -0.15) is 13.2 Å². The van der Waals surface area contributed by atoms with E-state index in [1.54, 1.807) is 12.3 Å². The van der Waals surface area contributed by atoms with E-state index >= 15 is 0 Å². The Morgan fingerprint density at radius 1 is 1.00 bits per heavy atom. The Kier molecular flexibility index (Phi) is 6.91. The number of carbonyl (C=O) groups is 1. The lowest BCUT2D eigenvalue weighted by atomic mass is 10.2. The number of halogens is 3. The van der Waals surface area contributed by atoms with Crippen molar-refractivity contribution in [2.45, 2.75) is 19.1 Å². The smallest absolute Gasteiger partial charge is 0.416 e. The number of amides is 1. The molecule has 0 saturated heterocycles. The van der Waals surface area contributed by atoms with E-state index in [1.807, 2.05) is 52.7 Å². The Morgan fingerprint density at radius 2 is 1.86 bits per heavy atom. The number of hydrogen-bond acceptors (Lipinski definition) is 6. The molecule has 188 valence electrons. The molecule has 3 heterocycles. The van der Waals surface area contributed by atoms with Crippen LogP contribution in [0.2, 0.25) is 0 Å². The molecule has 0 radical (unpaired) electrons. The predicted octanol–water partition coefficient (Wildman–Crippen LogP) is 7.01. The lowest BCUT2D eigenvalue weighted by Gasteiger charge is -2.24. The number of fused-ring (bicyclic) bond motifs is 1. The second kappa shape index (κ2) is 10.4. The molecule has 2 aromatic carbocycles. The van der Waals surface area contributed by atoms with Crippen LogP contribution in [0.1, 0.15) is 17.7 Å². The first-order valence-corrected chi connectivity index (χ1v) is 12.3. The molecular formula is C27H21F3N4O2S. The third-order valence-electron chi connectivity index (χ3n) is 5.63. The molecule has 1 amide bonds. The number of thiophene rings is 1. The minimum atomic E-state index is -4.49. The summed E-state index contributed by atoms with van der Waals surface area (Å²) in [6.45, 7) is 0.588. The highest BCUT2D eigenvalue weighted by molar-refractivity contribution is 7.13. The zero-order chi connectivity index (χ0) is 25.8. The van der Waals surface area contributed by atoms with Crippen molar-refractivity contribution in [1.29, 1.82) is 0 Å². The van der Waals surface area contributed by atoms with E-state index in [4.69, 9.17) is 14.4 Å². The SMILES string of the molecule is O=C(CCN(Cc1ccco1)c1nc(-c2cccs2)nc2ccccc12)Nc1cccc(C(F)(F)F)c1. The molecule has 6 nitrogen and oxygen atoms in total. The molecule has 5 aromatic rings. The number of alkyl halides is 3. The summed E-state index contributed by atoms with van der Waals surface area (Å²) in [4.78, 5) is 25.2. The molecule has 0 spiro atoms. The van der Waals surface area contributed by atoms with Crippen molar-refractivity contribution in [3.8, 4) is 10.7 Å². The third kappa shape index (κ3) is 5.80. The van der Waals surface area contributed by atoms with Gasteiger partial charge in [0.1, 0.15) is 11.6 Å². The minimum Gasteiger partial charge on any atom is -0.467 e. The van der Waals surface area contributed by atoms with E-state index in [1.165, 1.54) is 23.5 Å². The molecule has 0 saturated carbocycles. The standard InChI is InChI=1S/C27H21F3N4O2S/c28-27(29,30)18-6-3-7-19(16-18)31-24(35)12-13-34(17-20-8-4-14-36-20)26-21-9-1-2-10-22(21)32-25(33-26)23-11-5-15-37-23/h1-11,14-16H,12-13,17H2,(H,31,35). The average molecular weight is 523 g/mol. The largest absolute Gasteiger partial charge is 0.467 e. The van der Waals surface area contributed by atoms with Gasteiger partial charge in [-0.25, -0.2) is 9.97 Å². The number of anilines is 2. The maximum atomic E-state index is 13.0. The van der Waals surface area contributed by atoms with Crippen LogP contribution in [0.5, 0.6) is 0 Å². The van der Waals surface area contributed by atoms with Gasteiger partial charge in [0.2, 0.25) is 5.91 Å². The second-order valence-corrected chi connectivity index (χ2v) is 9.19. The van der Waals surface area contributed by atoms with E-state index in [2.05, 4.69) is 5.32 Å². The van der Waals surface area contributed by atoms with Crippen LogP contribution in [0, 0.1) is 0 Å². The Hall–Kier alpha value is -4.18. The first-order valence-electron chi connectivity index (χ1n) is 11.4. The van der Waals surface area contributed by atoms with Crippen LogP contribution < -0.4 is 10.2 Å². The Balaban J connectivity index is 1.43. The molecule has 1 N–H and O–H groups in total. The van der Waals surface area contributed by atoms with Crippen molar-refractivity contribution in [2.24, 2.45) is 0 Å². The summed E-state index contributed by atoms with van der Waals surface area (Å²) in [6.07, 6.45) is -2.90. The number of furan rings is 1. The quantitative estimate of drug-likeness (QED) is 0.237. The Labute approximate surface area is 214 Å². The first kappa shape index (κ1) is 24.5. The van der Waals surface area contributed by atoms with E-state index in [0.717, 1.165) is 27.9 Å². The summed E-state index contributed by atoms with van der Waals surface area (Å²) < 4.78 is 44.7. The molecule has 0 aliphatic carbocycles. The van der Waals surface area contributed by atoms with Gasteiger partial charge in [0.05, 0.1) is 28.8 Å². The van der Waals surface area contributed by atoms with Crippen molar-refractivity contribution in [1.82, 2.24) is 9.97 Å². The lowest BCUT2D eigenvalue weighted by molar-refractivity contribution is -0.137.